The van der Waals surface area contributed by atoms with Crippen LogP contribution < -0.4 is 11.1 Å². The van der Waals surface area contributed by atoms with Gasteiger partial charge in [-0.2, -0.15) is 0 Å². The highest BCUT2D eigenvalue weighted by atomic mass is 32.1. The Morgan fingerprint density at radius 1 is 1.35 bits per heavy atom. The Morgan fingerprint density at radius 3 is 2.75 bits per heavy atom. The van der Waals surface area contributed by atoms with Gasteiger partial charge in [0.15, 0.2) is 5.96 Å². The molecule has 2 aromatic rings. The number of thiazole rings is 1. The van der Waals surface area contributed by atoms with E-state index in [1.807, 2.05) is 30.3 Å². The molecular weight excluding hydrogens is 268 g/mol. The van der Waals surface area contributed by atoms with Gasteiger partial charge in [0.2, 0.25) is 0 Å². The Hall–Kier alpha value is -1.88. The van der Waals surface area contributed by atoms with Crippen molar-refractivity contribution in [1.82, 2.24) is 4.98 Å². The molecule has 1 aromatic heterocycles. The number of anilines is 1. The lowest BCUT2D eigenvalue weighted by Gasteiger charge is -2.04. The van der Waals surface area contributed by atoms with Gasteiger partial charge >= 0.3 is 0 Å². The minimum atomic E-state index is 0.440. The number of nitrogens with zero attached hydrogens (tertiary/aromatic N) is 2. The fourth-order valence-corrected chi connectivity index (χ4v) is 2.57. The van der Waals surface area contributed by atoms with Crippen molar-refractivity contribution in [3.8, 4) is 0 Å². The van der Waals surface area contributed by atoms with E-state index in [9.17, 15) is 0 Å². The number of rotatable bonds is 5. The number of hydrogen-bond acceptors (Lipinski definition) is 3. The van der Waals surface area contributed by atoms with E-state index < -0.39 is 0 Å². The zero-order valence-corrected chi connectivity index (χ0v) is 12.7. The smallest absolute Gasteiger partial charge is 0.193 e. The second kappa shape index (κ2) is 7.05. The lowest BCUT2D eigenvalue weighted by atomic mass is 10.2. The van der Waals surface area contributed by atoms with Crippen LogP contribution in [0.5, 0.6) is 0 Å². The fraction of sp³-hybridized carbons (Fsp3) is 0.333. The van der Waals surface area contributed by atoms with Gasteiger partial charge in [0.1, 0.15) is 0 Å². The molecule has 0 bridgehead atoms. The number of guanidine groups is 1. The van der Waals surface area contributed by atoms with Crippen LogP contribution in [0.4, 0.5) is 5.69 Å². The van der Waals surface area contributed by atoms with E-state index in [-0.39, 0.29) is 0 Å². The van der Waals surface area contributed by atoms with Gasteiger partial charge in [-0.15, -0.1) is 11.3 Å². The highest BCUT2D eigenvalue weighted by Crippen LogP contribution is 2.19. The van der Waals surface area contributed by atoms with Gasteiger partial charge in [-0.1, -0.05) is 32.0 Å². The number of para-hydroxylation sites is 1. The first-order valence-corrected chi connectivity index (χ1v) is 7.59. The SMILES string of the molecule is CC(C)c1nc(CCN=C(N)Nc2ccccc2)cs1. The zero-order chi connectivity index (χ0) is 14.4. The van der Waals surface area contributed by atoms with Crippen molar-refractivity contribution < 1.29 is 0 Å². The van der Waals surface area contributed by atoms with Crippen LogP contribution in [0, 0.1) is 0 Å². The summed E-state index contributed by atoms with van der Waals surface area (Å²) in [6.07, 6.45) is 0.820. The molecule has 1 aromatic carbocycles. The van der Waals surface area contributed by atoms with E-state index in [4.69, 9.17) is 5.73 Å². The van der Waals surface area contributed by atoms with Crippen LogP contribution in [0.15, 0.2) is 40.7 Å². The second-order valence-corrected chi connectivity index (χ2v) is 5.73. The molecule has 106 valence electrons. The summed E-state index contributed by atoms with van der Waals surface area (Å²) in [6, 6.07) is 9.79. The van der Waals surface area contributed by atoms with E-state index in [1.165, 1.54) is 5.01 Å². The molecular formula is C15H20N4S. The molecule has 2 rings (SSSR count). The summed E-state index contributed by atoms with van der Waals surface area (Å²) in [5.41, 5.74) is 7.89. The van der Waals surface area contributed by atoms with Gasteiger partial charge in [0, 0.05) is 30.0 Å². The molecule has 0 radical (unpaired) electrons. The van der Waals surface area contributed by atoms with Crippen molar-refractivity contribution in [2.45, 2.75) is 26.2 Å². The number of nitrogens with two attached hydrogens (primary N) is 1. The van der Waals surface area contributed by atoms with E-state index in [1.54, 1.807) is 11.3 Å². The van der Waals surface area contributed by atoms with Gasteiger partial charge < -0.3 is 11.1 Å². The molecule has 0 aliphatic rings. The standard InChI is InChI=1S/C15H20N4S/c1-11(2)14-18-13(10-20-14)8-9-17-15(16)19-12-6-4-3-5-7-12/h3-7,10-11H,8-9H2,1-2H3,(H3,16,17,19). The van der Waals surface area contributed by atoms with Crippen LogP contribution >= 0.6 is 11.3 Å². The fourth-order valence-electron chi connectivity index (χ4n) is 1.70. The van der Waals surface area contributed by atoms with Crippen molar-refractivity contribution in [2.75, 3.05) is 11.9 Å². The molecule has 5 heteroatoms. The summed E-state index contributed by atoms with van der Waals surface area (Å²) in [5, 5.41) is 6.34. The molecule has 0 unspecified atom stereocenters. The summed E-state index contributed by atoms with van der Waals surface area (Å²) in [7, 11) is 0. The molecule has 1 heterocycles. The first-order chi connectivity index (χ1) is 9.65. The maximum atomic E-state index is 5.84. The minimum absolute atomic E-state index is 0.440. The lowest BCUT2D eigenvalue weighted by Crippen LogP contribution is -2.23. The van der Waals surface area contributed by atoms with Crippen molar-refractivity contribution in [3.05, 3.63) is 46.4 Å². The largest absolute Gasteiger partial charge is 0.370 e. The molecule has 20 heavy (non-hydrogen) atoms. The topological polar surface area (TPSA) is 63.3 Å². The summed E-state index contributed by atoms with van der Waals surface area (Å²) in [5.74, 6) is 0.928. The zero-order valence-electron chi connectivity index (χ0n) is 11.8. The Labute approximate surface area is 123 Å². The van der Waals surface area contributed by atoms with E-state index >= 15 is 0 Å². The first kappa shape index (κ1) is 14.5. The lowest BCUT2D eigenvalue weighted by molar-refractivity contribution is 0.831. The average molecular weight is 288 g/mol. The van der Waals surface area contributed by atoms with E-state index in [0.717, 1.165) is 17.8 Å². The predicted octanol–water partition coefficient (Wildman–Crippen LogP) is 3.24. The molecule has 0 saturated heterocycles. The quantitative estimate of drug-likeness (QED) is 0.656. The number of benzene rings is 1. The summed E-state index contributed by atoms with van der Waals surface area (Å²) < 4.78 is 0. The molecule has 0 spiro atoms. The van der Waals surface area contributed by atoms with Crippen LogP contribution in [-0.4, -0.2) is 17.5 Å². The van der Waals surface area contributed by atoms with Gasteiger partial charge in [0.05, 0.1) is 10.7 Å². The summed E-state index contributed by atoms with van der Waals surface area (Å²) >= 11 is 1.71. The number of hydrogen-bond donors (Lipinski definition) is 2. The normalized spacial score (nSPS) is 11.8. The van der Waals surface area contributed by atoms with Gasteiger partial charge in [0.25, 0.3) is 0 Å². The van der Waals surface area contributed by atoms with E-state index in [0.29, 0.717) is 18.4 Å². The molecule has 4 nitrogen and oxygen atoms in total. The highest BCUT2D eigenvalue weighted by Gasteiger charge is 2.05. The highest BCUT2D eigenvalue weighted by molar-refractivity contribution is 7.09. The Morgan fingerprint density at radius 2 is 2.10 bits per heavy atom. The minimum Gasteiger partial charge on any atom is -0.370 e. The first-order valence-electron chi connectivity index (χ1n) is 6.71. The third-order valence-electron chi connectivity index (χ3n) is 2.76. The van der Waals surface area contributed by atoms with Crippen LogP contribution in [-0.2, 0) is 6.42 Å². The number of aromatic nitrogens is 1. The number of nitrogens with one attached hydrogen (secondary N) is 1. The van der Waals surface area contributed by atoms with Crippen LogP contribution in [0.2, 0.25) is 0 Å². The molecule has 0 saturated carbocycles. The molecule has 0 aliphatic carbocycles. The Bertz CT molecular complexity index is 560. The molecule has 0 amide bonds. The average Bonchev–Trinajstić information content (AvgIpc) is 2.89. The molecule has 0 atom stereocenters. The summed E-state index contributed by atoms with van der Waals surface area (Å²) in [4.78, 5) is 8.90. The third kappa shape index (κ3) is 4.35. The van der Waals surface area contributed by atoms with Crippen molar-refractivity contribution in [2.24, 2.45) is 10.7 Å². The van der Waals surface area contributed by atoms with Crippen LogP contribution in [0.3, 0.4) is 0 Å². The molecule has 0 fully saturated rings. The predicted molar refractivity (Wildman–Crippen MR) is 86.5 cm³/mol. The maximum absolute atomic E-state index is 5.84. The second-order valence-electron chi connectivity index (χ2n) is 4.84. The third-order valence-corrected chi connectivity index (χ3v) is 3.95. The number of aliphatic imine (C=N–C) groups is 1. The monoisotopic (exact) mass is 288 g/mol. The van der Waals surface area contributed by atoms with Crippen molar-refractivity contribution in [1.29, 1.82) is 0 Å². The van der Waals surface area contributed by atoms with E-state index in [2.05, 4.69) is 34.5 Å². The van der Waals surface area contributed by atoms with Gasteiger partial charge in [-0.25, -0.2) is 4.98 Å². The molecule has 0 aliphatic heterocycles. The van der Waals surface area contributed by atoms with Crippen LogP contribution in [0.25, 0.3) is 0 Å². The van der Waals surface area contributed by atoms with Gasteiger partial charge in [-0.3, -0.25) is 4.99 Å². The summed E-state index contributed by atoms with van der Waals surface area (Å²) in [6.45, 7) is 4.96. The Kier molecular flexibility index (Phi) is 5.12. The van der Waals surface area contributed by atoms with Crippen molar-refractivity contribution >= 4 is 23.0 Å². The van der Waals surface area contributed by atoms with Gasteiger partial charge in [-0.05, 0) is 12.1 Å². The van der Waals surface area contributed by atoms with Crippen LogP contribution in [0.1, 0.15) is 30.5 Å². The molecule has 3 N–H and O–H groups in total. The maximum Gasteiger partial charge on any atom is 0.193 e. The Balaban J connectivity index is 1.83. The van der Waals surface area contributed by atoms with Crippen molar-refractivity contribution in [3.63, 3.8) is 0 Å².